The van der Waals surface area contributed by atoms with Gasteiger partial charge in [0.1, 0.15) is 13.3 Å². The van der Waals surface area contributed by atoms with Crippen LogP contribution in [0.15, 0.2) is 57.7 Å². The maximum absolute atomic E-state index is 12.2. The van der Waals surface area contributed by atoms with E-state index in [0.717, 1.165) is 5.56 Å². The molecule has 2 aromatic carbocycles. The van der Waals surface area contributed by atoms with Gasteiger partial charge < -0.3 is 14.3 Å². The largest absolute Gasteiger partial charge is 0.502 e. The maximum atomic E-state index is 12.2. The molecule has 1 N–H and O–H groups in total. The van der Waals surface area contributed by atoms with Crippen molar-refractivity contribution in [2.24, 2.45) is 0 Å². The Balaban J connectivity index is 2.23. The molecule has 4 nitrogen and oxygen atoms in total. The Kier molecular flexibility index (Phi) is 3.78. The first-order valence-electron chi connectivity index (χ1n) is 6.74. The summed E-state index contributed by atoms with van der Waals surface area (Å²) in [6.07, 6.45) is 0. The molecule has 0 bridgehead atoms. The Morgan fingerprint density at radius 1 is 1.14 bits per heavy atom. The molecule has 0 aliphatic carbocycles. The normalized spacial score (nSPS) is 10.8. The Hall–Kier alpha value is -2.82. The highest BCUT2D eigenvalue weighted by Gasteiger charge is 2.15. The summed E-state index contributed by atoms with van der Waals surface area (Å²) in [7, 11) is 0. The van der Waals surface area contributed by atoms with Gasteiger partial charge in [0.15, 0.2) is 11.3 Å². The van der Waals surface area contributed by atoms with Gasteiger partial charge in [-0.2, -0.15) is 0 Å². The summed E-state index contributed by atoms with van der Waals surface area (Å²) in [4.78, 5) is 11.8. The number of alkyl halides is 1. The Morgan fingerprint density at radius 3 is 2.64 bits per heavy atom. The molecule has 3 rings (SSSR count). The zero-order chi connectivity index (χ0) is 15.5. The fraction of sp³-hybridized carbons (Fsp3) is 0.118. The number of halogens is 1. The number of phenols is 1. The lowest BCUT2D eigenvalue weighted by Crippen LogP contribution is -2.01. The number of phenolic OH excluding ortho intramolecular Hbond substituents is 1. The van der Waals surface area contributed by atoms with E-state index in [1.807, 2.05) is 30.3 Å². The predicted molar refractivity (Wildman–Crippen MR) is 81.1 cm³/mol. The van der Waals surface area contributed by atoms with Crippen LogP contribution >= 0.6 is 0 Å². The number of aromatic hydroxyl groups is 1. The molecule has 0 fully saturated rings. The van der Waals surface area contributed by atoms with E-state index in [1.165, 1.54) is 12.1 Å². The minimum atomic E-state index is -0.675. The number of hydrogen-bond donors (Lipinski definition) is 1. The van der Waals surface area contributed by atoms with Crippen molar-refractivity contribution < 1.29 is 18.7 Å². The number of fused-ring (bicyclic) bond motifs is 1. The van der Waals surface area contributed by atoms with E-state index < -0.39 is 12.3 Å². The Bertz CT molecular complexity index is 856. The molecule has 1 heterocycles. The first-order valence-corrected chi connectivity index (χ1v) is 6.74. The molecular formula is C17H13FO4. The van der Waals surface area contributed by atoms with Gasteiger partial charge in [0.05, 0.1) is 0 Å². The van der Waals surface area contributed by atoms with Crippen molar-refractivity contribution in [2.45, 2.75) is 0 Å². The van der Waals surface area contributed by atoms with E-state index in [0.29, 0.717) is 10.9 Å². The van der Waals surface area contributed by atoms with Crippen LogP contribution in [-0.4, -0.2) is 18.4 Å². The van der Waals surface area contributed by atoms with Crippen LogP contribution < -0.4 is 10.4 Å². The summed E-state index contributed by atoms with van der Waals surface area (Å²) in [5.41, 5.74) is 0.934. The van der Waals surface area contributed by atoms with Crippen LogP contribution in [0.25, 0.3) is 22.1 Å². The van der Waals surface area contributed by atoms with Crippen LogP contribution in [0.3, 0.4) is 0 Å². The predicted octanol–water partition coefficient (Wildman–Crippen LogP) is 3.51. The lowest BCUT2D eigenvalue weighted by molar-refractivity contribution is 0.262. The molecule has 5 heteroatoms. The number of benzene rings is 2. The van der Waals surface area contributed by atoms with E-state index in [2.05, 4.69) is 0 Å². The van der Waals surface area contributed by atoms with Crippen LogP contribution in [-0.2, 0) is 0 Å². The molecule has 0 aliphatic rings. The highest BCUT2D eigenvalue weighted by atomic mass is 19.1. The van der Waals surface area contributed by atoms with Gasteiger partial charge in [0.25, 0.3) is 0 Å². The van der Waals surface area contributed by atoms with E-state index in [1.54, 1.807) is 6.07 Å². The maximum Gasteiger partial charge on any atom is 0.336 e. The molecule has 0 amide bonds. The molecule has 0 saturated carbocycles. The van der Waals surface area contributed by atoms with Crippen molar-refractivity contribution in [1.29, 1.82) is 0 Å². The van der Waals surface area contributed by atoms with Crippen LogP contribution in [0.2, 0.25) is 0 Å². The molecule has 22 heavy (non-hydrogen) atoms. The molecule has 0 radical (unpaired) electrons. The second kappa shape index (κ2) is 5.89. The van der Waals surface area contributed by atoms with Gasteiger partial charge in [0.2, 0.25) is 5.75 Å². The van der Waals surface area contributed by atoms with Crippen LogP contribution in [0.5, 0.6) is 11.5 Å². The molecule has 112 valence electrons. The lowest BCUT2D eigenvalue weighted by atomic mass is 10.0. The van der Waals surface area contributed by atoms with Gasteiger partial charge in [-0.15, -0.1) is 0 Å². The fourth-order valence-corrected chi connectivity index (χ4v) is 2.32. The second-order valence-corrected chi connectivity index (χ2v) is 4.67. The van der Waals surface area contributed by atoms with E-state index in [9.17, 15) is 14.3 Å². The molecule has 0 unspecified atom stereocenters. The summed E-state index contributed by atoms with van der Waals surface area (Å²) >= 11 is 0. The number of rotatable bonds is 4. The standard InChI is InChI=1S/C17H13FO4/c18-8-9-21-14-7-6-12-13(11-4-2-1-3-5-11)10-15(19)22-17(12)16(14)20/h1-7,10,20H,8-9H2. The van der Waals surface area contributed by atoms with Crippen LogP contribution in [0, 0.1) is 0 Å². The third-order valence-electron chi connectivity index (χ3n) is 3.27. The number of ether oxygens (including phenoxy) is 1. The zero-order valence-corrected chi connectivity index (χ0v) is 11.6. The summed E-state index contributed by atoms with van der Waals surface area (Å²) in [6.45, 7) is -0.854. The molecule has 0 spiro atoms. The van der Waals surface area contributed by atoms with Gasteiger partial charge in [0, 0.05) is 11.5 Å². The monoisotopic (exact) mass is 300 g/mol. The smallest absolute Gasteiger partial charge is 0.336 e. The average molecular weight is 300 g/mol. The van der Waals surface area contributed by atoms with Crippen LogP contribution in [0.1, 0.15) is 0 Å². The highest BCUT2D eigenvalue weighted by Crippen LogP contribution is 2.37. The van der Waals surface area contributed by atoms with E-state index in [-0.39, 0.29) is 23.7 Å². The molecule has 0 aliphatic heterocycles. The molecule has 3 aromatic rings. The summed E-state index contributed by atoms with van der Waals surface area (Å²) in [6, 6.07) is 13.9. The zero-order valence-electron chi connectivity index (χ0n) is 11.6. The van der Waals surface area contributed by atoms with Gasteiger partial charge in [-0.25, -0.2) is 9.18 Å². The van der Waals surface area contributed by atoms with E-state index in [4.69, 9.17) is 9.15 Å². The molecule has 1 aromatic heterocycles. The fourth-order valence-electron chi connectivity index (χ4n) is 2.32. The van der Waals surface area contributed by atoms with Crippen molar-refractivity contribution in [3.63, 3.8) is 0 Å². The van der Waals surface area contributed by atoms with Gasteiger partial charge >= 0.3 is 5.63 Å². The first kappa shape index (κ1) is 14.1. The average Bonchev–Trinajstić information content (AvgIpc) is 2.55. The highest BCUT2D eigenvalue weighted by molar-refractivity contribution is 5.97. The Morgan fingerprint density at radius 2 is 1.91 bits per heavy atom. The Labute approximate surface area is 125 Å². The van der Waals surface area contributed by atoms with E-state index >= 15 is 0 Å². The topological polar surface area (TPSA) is 59.7 Å². The minimum Gasteiger partial charge on any atom is -0.502 e. The summed E-state index contributed by atoms with van der Waals surface area (Å²) in [5, 5.41) is 10.8. The SMILES string of the molecule is O=c1cc(-c2ccccc2)c2ccc(OCCF)c(O)c2o1. The van der Waals surface area contributed by atoms with Gasteiger partial charge in [-0.3, -0.25) is 0 Å². The second-order valence-electron chi connectivity index (χ2n) is 4.67. The molecule has 0 atom stereocenters. The van der Waals surface area contributed by atoms with Crippen molar-refractivity contribution >= 4 is 11.0 Å². The van der Waals surface area contributed by atoms with Gasteiger partial charge in [-0.1, -0.05) is 30.3 Å². The van der Waals surface area contributed by atoms with Crippen LogP contribution in [0.4, 0.5) is 4.39 Å². The minimum absolute atomic E-state index is 0.0303. The number of hydrogen-bond acceptors (Lipinski definition) is 4. The molecule has 0 saturated heterocycles. The summed E-state index contributed by atoms with van der Waals surface area (Å²) < 4.78 is 22.4. The molecular weight excluding hydrogens is 287 g/mol. The van der Waals surface area contributed by atoms with Crippen molar-refractivity contribution in [3.8, 4) is 22.6 Å². The van der Waals surface area contributed by atoms with Crippen molar-refractivity contribution in [1.82, 2.24) is 0 Å². The van der Waals surface area contributed by atoms with Crippen molar-refractivity contribution in [3.05, 3.63) is 59.0 Å². The van der Waals surface area contributed by atoms with Crippen molar-refractivity contribution in [2.75, 3.05) is 13.3 Å². The first-order chi connectivity index (χ1) is 10.7. The summed E-state index contributed by atoms with van der Waals surface area (Å²) in [5.74, 6) is -0.223. The quantitative estimate of drug-likeness (QED) is 0.749. The third kappa shape index (κ3) is 2.53. The van der Waals surface area contributed by atoms with Gasteiger partial charge in [-0.05, 0) is 23.3 Å². The lowest BCUT2D eigenvalue weighted by Gasteiger charge is -2.10. The third-order valence-corrected chi connectivity index (χ3v) is 3.27.